The highest BCUT2D eigenvalue weighted by Gasteiger charge is 2.28. The van der Waals surface area contributed by atoms with Crippen molar-refractivity contribution in [2.24, 2.45) is 7.05 Å². The van der Waals surface area contributed by atoms with E-state index in [4.69, 9.17) is 4.74 Å². The van der Waals surface area contributed by atoms with Gasteiger partial charge in [-0.3, -0.25) is 4.79 Å². The molecule has 304 valence electrons. The average molecular weight is 737 g/mol. The number of benzene rings is 1. The molecule has 0 fully saturated rings. The highest BCUT2D eigenvalue weighted by atomic mass is 16.5. The van der Waals surface area contributed by atoms with Crippen LogP contribution in [0.15, 0.2) is 24.3 Å². The summed E-state index contributed by atoms with van der Waals surface area (Å²) in [6, 6.07) is 7.99. The molecule has 1 amide bonds. The van der Waals surface area contributed by atoms with Crippen molar-refractivity contribution in [1.29, 1.82) is 0 Å². The molecule has 0 aliphatic heterocycles. The van der Waals surface area contributed by atoms with Gasteiger partial charge in [-0.25, -0.2) is 4.79 Å². The summed E-state index contributed by atoms with van der Waals surface area (Å²) in [6.07, 6.45) is 41.1. The summed E-state index contributed by atoms with van der Waals surface area (Å²) in [5.41, 5.74) is 2.51. The van der Waals surface area contributed by atoms with Crippen LogP contribution in [-0.2, 0) is 16.6 Å². The monoisotopic (exact) mass is 737 g/mol. The number of nitrogens with zero attached hydrogens (tertiary/aromatic N) is 1. The van der Waals surface area contributed by atoms with Gasteiger partial charge in [0.05, 0.1) is 12.6 Å². The Labute approximate surface area is 327 Å². The molecule has 1 unspecified atom stereocenters. The molecule has 0 saturated carbocycles. The molecule has 1 heterocycles. The van der Waals surface area contributed by atoms with Crippen LogP contribution in [0.1, 0.15) is 248 Å². The van der Waals surface area contributed by atoms with E-state index in [0.29, 0.717) is 18.7 Å². The topological polar surface area (TPSA) is 60.3 Å². The summed E-state index contributed by atoms with van der Waals surface area (Å²) in [7, 11) is 1.94. The van der Waals surface area contributed by atoms with Crippen LogP contribution in [-0.4, -0.2) is 23.1 Å². The zero-order chi connectivity index (χ0) is 38.2. The molecule has 5 heteroatoms. The lowest BCUT2D eigenvalue weighted by Gasteiger charge is -2.21. The first-order chi connectivity index (χ1) is 26.0. The van der Waals surface area contributed by atoms with Crippen LogP contribution >= 0.6 is 0 Å². The van der Waals surface area contributed by atoms with Gasteiger partial charge in [0.25, 0.3) is 0 Å². The fourth-order valence-corrected chi connectivity index (χ4v) is 8.15. The minimum absolute atomic E-state index is 0.105. The van der Waals surface area contributed by atoms with Gasteiger partial charge in [-0.2, -0.15) is 0 Å². The van der Waals surface area contributed by atoms with E-state index >= 15 is 0 Å². The zero-order valence-electron chi connectivity index (χ0n) is 35.4. The molecule has 2 rings (SSSR count). The van der Waals surface area contributed by atoms with Crippen molar-refractivity contribution in [2.45, 2.75) is 232 Å². The first kappa shape index (κ1) is 46.9. The van der Waals surface area contributed by atoms with Gasteiger partial charge in [-0.15, -0.1) is 0 Å². The highest BCUT2D eigenvalue weighted by molar-refractivity contribution is 5.99. The summed E-state index contributed by atoms with van der Waals surface area (Å²) in [4.78, 5) is 26.8. The number of aryl methyl sites for hydroxylation is 1. The standard InChI is InChI=1S/C48H84N2O3/c1-5-8-10-12-14-16-18-20-22-24-26-28-30-32-34-39-43(46-42-38-36-37-40-44(42)50(4)47(46)48(52)53-7-3)49-45(51)41-35-33-31-29-27-25-23-21-19-17-15-13-11-9-6-2/h36-38,40,43H,5-35,39,41H2,1-4H3,(H,49,51). The number of nitrogens with one attached hydrogen (secondary N) is 1. The molecule has 1 N–H and O–H groups in total. The van der Waals surface area contributed by atoms with Crippen LogP contribution in [0.25, 0.3) is 10.9 Å². The molecular formula is C48H84N2O3. The number of ether oxygens (including phenoxy) is 1. The van der Waals surface area contributed by atoms with Crippen LogP contribution in [0.3, 0.4) is 0 Å². The van der Waals surface area contributed by atoms with Crippen LogP contribution < -0.4 is 5.32 Å². The van der Waals surface area contributed by atoms with Crippen molar-refractivity contribution in [3.8, 4) is 0 Å². The van der Waals surface area contributed by atoms with Gasteiger partial charge in [0.1, 0.15) is 5.69 Å². The number of rotatable bonds is 36. The van der Waals surface area contributed by atoms with Crippen molar-refractivity contribution in [3.05, 3.63) is 35.5 Å². The molecule has 0 aliphatic carbocycles. The molecule has 0 radical (unpaired) electrons. The number of amides is 1. The Morgan fingerprint density at radius 1 is 0.566 bits per heavy atom. The van der Waals surface area contributed by atoms with E-state index in [0.717, 1.165) is 48.6 Å². The molecule has 1 aromatic carbocycles. The number of fused-ring (bicyclic) bond motifs is 1. The lowest BCUT2D eigenvalue weighted by molar-refractivity contribution is -0.122. The lowest BCUT2D eigenvalue weighted by atomic mass is 9.96. The third-order valence-corrected chi connectivity index (χ3v) is 11.4. The van der Waals surface area contributed by atoms with Crippen molar-refractivity contribution < 1.29 is 14.3 Å². The molecule has 0 bridgehead atoms. The SMILES string of the molecule is CCCCCCCCCCCCCCCCCC(=O)NC(CCCCCCCCCCCCCCCCC)c1c(C(=O)OCC)n(C)c2ccccc12. The van der Waals surface area contributed by atoms with E-state index < -0.39 is 0 Å². The van der Waals surface area contributed by atoms with Gasteiger partial charge in [-0.1, -0.05) is 218 Å². The molecular weight excluding hydrogens is 653 g/mol. The van der Waals surface area contributed by atoms with Crippen molar-refractivity contribution in [1.82, 2.24) is 9.88 Å². The van der Waals surface area contributed by atoms with Crippen LogP contribution in [0, 0.1) is 0 Å². The fourth-order valence-electron chi connectivity index (χ4n) is 8.15. The second-order valence-electron chi connectivity index (χ2n) is 16.1. The summed E-state index contributed by atoms with van der Waals surface area (Å²) >= 11 is 0. The molecule has 0 spiro atoms. The minimum atomic E-state index is -0.306. The summed E-state index contributed by atoms with van der Waals surface area (Å²) < 4.78 is 7.51. The maximum atomic E-state index is 13.4. The number of aromatic nitrogens is 1. The number of hydrogen-bond acceptors (Lipinski definition) is 3. The number of hydrogen-bond donors (Lipinski definition) is 1. The summed E-state index contributed by atoms with van der Waals surface area (Å²) in [5, 5.41) is 4.45. The largest absolute Gasteiger partial charge is 0.461 e. The Hall–Kier alpha value is -2.30. The van der Waals surface area contributed by atoms with Gasteiger partial charge in [0, 0.05) is 29.9 Å². The Balaban J connectivity index is 1.78. The minimum Gasteiger partial charge on any atom is -0.461 e. The van der Waals surface area contributed by atoms with Crippen molar-refractivity contribution in [2.75, 3.05) is 6.61 Å². The summed E-state index contributed by atoms with van der Waals surface area (Å²) in [5.74, 6) is -0.201. The van der Waals surface area contributed by atoms with Crippen LogP contribution in [0.2, 0.25) is 0 Å². The number of esters is 1. The zero-order valence-corrected chi connectivity index (χ0v) is 35.4. The van der Waals surface area contributed by atoms with Gasteiger partial charge < -0.3 is 14.6 Å². The number of carbonyl (C=O) groups excluding carboxylic acids is 2. The lowest BCUT2D eigenvalue weighted by Crippen LogP contribution is -2.30. The molecule has 2 aromatic rings. The number of unbranched alkanes of at least 4 members (excludes halogenated alkanes) is 28. The van der Waals surface area contributed by atoms with Gasteiger partial charge in [0.2, 0.25) is 5.91 Å². The first-order valence-electron chi connectivity index (χ1n) is 23.1. The van der Waals surface area contributed by atoms with Gasteiger partial charge in [0.15, 0.2) is 0 Å². The third kappa shape index (κ3) is 20.8. The Bertz CT molecular complexity index is 1190. The Morgan fingerprint density at radius 3 is 1.40 bits per heavy atom. The van der Waals surface area contributed by atoms with Crippen LogP contribution in [0.4, 0.5) is 0 Å². The smallest absolute Gasteiger partial charge is 0.355 e. The second kappa shape index (κ2) is 32.0. The Morgan fingerprint density at radius 2 is 0.962 bits per heavy atom. The first-order valence-corrected chi connectivity index (χ1v) is 23.1. The van der Waals surface area contributed by atoms with Crippen LogP contribution in [0.5, 0.6) is 0 Å². The quantitative estimate of drug-likeness (QED) is 0.0560. The number of para-hydroxylation sites is 1. The number of carbonyl (C=O) groups is 2. The molecule has 1 aromatic heterocycles. The maximum Gasteiger partial charge on any atom is 0.355 e. The molecule has 0 aliphatic rings. The summed E-state index contributed by atoms with van der Waals surface area (Å²) in [6.45, 7) is 6.75. The van der Waals surface area contributed by atoms with E-state index in [-0.39, 0.29) is 17.9 Å². The maximum absolute atomic E-state index is 13.4. The normalized spacial score (nSPS) is 12.1. The predicted molar refractivity (Wildman–Crippen MR) is 229 cm³/mol. The molecule has 5 nitrogen and oxygen atoms in total. The highest BCUT2D eigenvalue weighted by Crippen LogP contribution is 2.34. The molecule has 0 saturated heterocycles. The van der Waals surface area contributed by atoms with E-state index in [1.165, 1.54) is 167 Å². The van der Waals surface area contributed by atoms with E-state index in [1.54, 1.807) is 0 Å². The van der Waals surface area contributed by atoms with Gasteiger partial charge in [-0.05, 0) is 25.8 Å². The van der Waals surface area contributed by atoms with E-state index in [2.05, 4.69) is 31.3 Å². The van der Waals surface area contributed by atoms with E-state index in [1.807, 2.05) is 30.7 Å². The molecule has 53 heavy (non-hydrogen) atoms. The molecule has 1 atom stereocenters. The van der Waals surface area contributed by atoms with Crippen molar-refractivity contribution >= 4 is 22.8 Å². The average Bonchev–Trinajstić information content (AvgIpc) is 3.46. The Kier molecular flexibility index (Phi) is 28.3. The third-order valence-electron chi connectivity index (χ3n) is 11.4. The van der Waals surface area contributed by atoms with Gasteiger partial charge >= 0.3 is 5.97 Å². The second-order valence-corrected chi connectivity index (χ2v) is 16.1. The van der Waals surface area contributed by atoms with E-state index in [9.17, 15) is 9.59 Å². The predicted octanol–water partition coefficient (Wildman–Crippen LogP) is 15.0. The fraction of sp³-hybridized carbons (Fsp3) is 0.792. The van der Waals surface area contributed by atoms with Crippen molar-refractivity contribution in [3.63, 3.8) is 0 Å².